The molecule has 0 amide bonds. The van der Waals surface area contributed by atoms with Gasteiger partial charge >= 0.3 is 17.4 Å². The standard InChI is InChI=1S/C10H10N2O6/c1-18-10(13)9(12(16)17)8(11(14)15)7-5-3-2-4-6-7/h2-5,7H,6H2,1H3. The van der Waals surface area contributed by atoms with Crippen LogP contribution in [0.1, 0.15) is 6.42 Å². The first-order chi connectivity index (χ1) is 8.49. The topological polar surface area (TPSA) is 113 Å². The van der Waals surface area contributed by atoms with Gasteiger partial charge in [0.1, 0.15) is 0 Å². The zero-order valence-electron chi connectivity index (χ0n) is 9.44. The van der Waals surface area contributed by atoms with Crippen molar-refractivity contribution in [2.45, 2.75) is 6.42 Å². The molecule has 0 saturated carbocycles. The highest BCUT2D eigenvalue weighted by Crippen LogP contribution is 2.25. The molecule has 1 rings (SSSR count). The molecule has 0 bridgehead atoms. The molecule has 0 N–H and O–H groups in total. The summed E-state index contributed by atoms with van der Waals surface area (Å²) in [5, 5.41) is 21.7. The van der Waals surface area contributed by atoms with Gasteiger partial charge in [-0.25, -0.2) is 4.79 Å². The van der Waals surface area contributed by atoms with Crippen LogP contribution in [0.2, 0.25) is 0 Å². The summed E-state index contributed by atoms with van der Waals surface area (Å²) in [6.45, 7) is 0. The number of nitrogens with zero attached hydrogens (tertiary/aromatic N) is 2. The summed E-state index contributed by atoms with van der Waals surface area (Å²) in [5.41, 5.74) is -1.89. The Kier molecular flexibility index (Phi) is 4.30. The second-order valence-electron chi connectivity index (χ2n) is 3.39. The maximum atomic E-state index is 11.3. The highest BCUT2D eigenvalue weighted by molar-refractivity contribution is 5.86. The van der Waals surface area contributed by atoms with Gasteiger partial charge in [-0.2, -0.15) is 0 Å². The molecule has 8 heteroatoms. The first-order valence-electron chi connectivity index (χ1n) is 4.93. The van der Waals surface area contributed by atoms with Crippen molar-refractivity contribution in [1.29, 1.82) is 0 Å². The van der Waals surface area contributed by atoms with Crippen molar-refractivity contribution in [3.63, 3.8) is 0 Å². The second-order valence-corrected chi connectivity index (χ2v) is 3.39. The fourth-order valence-corrected chi connectivity index (χ4v) is 1.55. The van der Waals surface area contributed by atoms with Gasteiger partial charge in [-0.1, -0.05) is 24.3 Å². The molecule has 1 aliphatic carbocycles. The van der Waals surface area contributed by atoms with Crippen LogP contribution in [0.3, 0.4) is 0 Å². The van der Waals surface area contributed by atoms with Crippen molar-refractivity contribution in [3.8, 4) is 0 Å². The molecule has 1 unspecified atom stereocenters. The van der Waals surface area contributed by atoms with Crippen molar-refractivity contribution >= 4 is 5.97 Å². The van der Waals surface area contributed by atoms with Gasteiger partial charge in [-0.05, 0) is 6.42 Å². The van der Waals surface area contributed by atoms with Crippen LogP contribution in [-0.2, 0) is 9.53 Å². The van der Waals surface area contributed by atoms with E-state index in [0.29, 0.717) is 0 Å². The van der Waals surface area contributed by atoms with Crippen LogP contribution < -0.4 is 0 Å². The van der Waals surface area contributed by atoms with Crippen LogP contribution >= 0.6 is 0 Å². The fraction of sp³-hybridized carbons (Fsp3) is 0.300. The predicted molar refractivity (Wildman–Crippen MR) is 59.4 cm³/mol. The lowest BCUT2D eigenvalue weighted by molar-refractivity contribution is -0.473. The highest BCUT2D eigenvalue weighted by atomic mass is 16.6. The average molecular weight is 254 g/mol. The van der Waals surface area contributed by atoms with E-state index < -0.39 is 33.1 Å². The second kappa shape index (κ2) is 5.71. The molecule has 0 fully saturated rings. The number of esters is 1. The van der Waals surface area contributed by atoms with E-state index in [1.54, 1.807) is 12.2 Å². The van der Waals surface area contributed by atoms with E-state index in [9.17, 15) is 25.0 Å². The normalized spacial score (nSPS) is 19.1. The third kappa shape index (κ3) is 2.78. The van der Waals surface area contributed by atoms with Gasteiger partial charge in [0.05, 0.1) is 22.9 Å². The van der Waals surface area contributed by atoms with Crippen molar-refractivity contribution < 1.29 is 19.4 Å². The Bertz CT molecular complexity index is 477. The maximum absolute atomic E-state index is 11.3. The molecule has 18 heavy (non-hydrogen) atoms. The van der Waals surface area contributed by atoms with E-state index in [-0.39, 0.29) is 6.42 Å². The molecular formula is C10H10N2O6. The Hall–Kier alpha value is -2.51. The van der Waals surface area contributed by atoms with Crippen molar-refractivity contribution in [2.24, 2.45) is 5.92 Å². The number of ether oxygens (including phenoxy) is 1. The molecule has 0 heterocycles. The summed E-state index contributed by atoms with van der Waals surface area (Å²) < 4.78 is 4.21. The van der Waals surface area contributed by atoms with E-state index in [1.807, 2.05) is 0 Å². The summed E-state index contributed by atoms with van der Waals surface area (Å²) in [5.74, 6) is -2.14. The van der Waals surface area contributed by atoms with Gasteiger partial charge < -0.3 is 4.74 Å². The van der Waals surface area contributed by atoms with Crippen molar-refractivity contribution in [3.05, 3.63) is 55.9 Å². The quantitative estimate of drug-likeness (QED) is 0.321. The summed E-state index contributed by atoms with van der Waals surface area (Å²) in [6, 6.07) is 0. The lowest BCUT2D eigenvalue weighted by Crippen LogP contribution is -2.23. The molecule has 1 aliphatic rings. The third-order valence-corrected chi connectivity index (χ3v) is 2.33. The van der Waals surface area contributed by atoms with Crippen LogP contribution in [-0.4, -0.2) is 22.9 Å². The van der Waals surface area contributed by atoms with Crippen LogP contribution in [0.25, 0.3) is 0 Å². The number of rotatable bonds is 4. The van der Waals surface area contributed by atoms with E-state index >= 15 is 0 Å². The Morgan fingerprint density at radius 1 is 1.28 bits per heavy atom. The fourth-order valence-electron chi connectivity index (χ4n) is 1.55. The van der Waals surface area contributed by atoms with Gasteiger partial charge in [0.15, 0.2) is 0 Å². The monoisotopic (exact) mass is 254 g/mol. The van der Waals surface area contributed by atoms with Gasteiger partial charge in [0, 0.05) is 0 Å². The van der Waals surface area contributed by atoms with E-state index in [0.717, 1.165) is 7.11 Å². The molecule has 1 atom stereocenters. The summed E-state index contributed by atoms with van der Waals surface area (Å²) >= 11 is 0. The third-order valence-electron chi connectivity index (χ3n) is 2.33. The Balaban J connectivity index is 3.33. The number of hydrogen-bond acceptors (Lipinski definition) is 6. The molecule has 0 saturated heterocycles. The van der Waals surface area contributed by atoms with Crippen LogP contribution in [0.15, 0.2) is 35.7 Å². The predicted octanol–water partition coefficient (Wildman–Crippen LogP) is 1.06. The number of methoxy groups -OCH3 is 1. The molecule has 0 radical (unpaired) electrons. The SMILES string of the molecule is COC(=O)C(=C(C1C=CC=CC1)[N+](=O)[O-])[N+](=O)[O-]. The minimum absolute atomic E-state index is 0.223. The minimum atomic E-state index is -1.32. The number of carbonyl (C=O) groups excluding carboxylic acids is 1. The molecular weight excluding hydrogens is 244 g/mol. The summed E-state index contributed by atoms with van der Waals surface area (Å²) in [6.07, 6.45) is 6.49. The molecule has 0 aromatic heterocycles. The summed E-state index contributed by atoms with van der Waals surface area (Å²) in [4.78, 5) is 31.0. The smallest absolute Gasteiger partial charge is 0.425 e. The van der Waals surface area contributed by atoms with Crippen molar-refractivity contribution in [2.75, 3.05) is 7.11 Å². The maximum Gasteiger partial charge on any atom is 0.425 e. The molecule has 0 spiro atoms. The highest BCUT2D eigenvalue weighted by Gasteiger charge is 2.40. The van der Waals surface area contributed by atoms with Crippen molar-refractivity contribution in [1.82, 2.24) is 0 Å². The lowest BCUT2D eigenvalue weighted by Gasteiger charge is -2.09. The molecule has 0 aliphatic heterocycles. The largest absolute Gasteiger partial charge is 0.461 e. The van der Waals surface area contributed by atoms with E-state index in [2.05, 4.69) is 4.74 Å². The Labute approximate surface area is 102 Å². The number of nitro groups is 2. The average Bonchev–Trinajstić information content (AvgIpc) is 2.35. The molecule has 0 aromatic carbocycles. The van der Waals surface area contributed by atoms with Crippen LogP contribution in [0.4, 0.5) is 0 Å². The molecule has 0 aromatic rings. The Morgan fingerprint density at radius 3 is 2.33 bits per heavy atom. The van der Waals surface area contributed by atoms with Crippen LogP contribution in [0, 0.1) is 26.1 Å². The molecule has 96 valence electrons. The number of hydrogen-bond donors (Lipinski definition) is 0. The van der Waals surface area contributed by atoms with Crippen LogP contribution in [0.5, 0.6) is 0 Å². The zero-order valence-corrected chi connectivity index (χ0v) is 9.44. The minimum Gasteiger partial charge on any atom is -0.461 e. The van der Waals surface area contributed by atoms with Gasteiger partial charge in [0.2, 0.25) is 0 Å². The number of carbonyl (C=O) groups is 1. The van der Waals surface area contributed by atoms with Gasteiger partial charge in [0.25, 0.3) is 0 Å². The zero-order chi connectivity index (χ0) is 13.7. The molecule has 8 nitrogen and oxygen atoms in total. The van der Waals surface area contributed by atoms with Gasteiger partial charge in [-0.15, -0.1) is 0 Å². The number of allylic oxidation sites excluding steroid dienone is 4. The van der Waals surface area contributed by atoms with Gasteiger partial charge in [-0.3, -0.25) is 20.2 Å². The van der Waals surface area contributed by atoms with E-state index in [1.165, 1.54) is 12.2 Å². The first-order valence-corrected chi connectivity index (χ1v) is 4.93. The lowest BCUT2D eigenvalue weighted by atomic mass is 9.96. The Morgan fingerprint density at radius 2 is 1.94 bits per heavy atom. The summed E-state index contributed by atoms with van der Waals surface area (Å²) in [7, 11) is 0.931. The first kappa shape index (κ1) is 13.6. The van der Waals surface area contributed by atoms with E-state index in [4.69, 9.17) is 0 Å².